The van der Waals surface area contributed by atoms with Crippen molar-refractivity contribution in [3.05, 3.63) is 32.6 Å². The van der Waals surface area contributed by atoms with Crippen molar-refractivity contribution in [1.29, 1.82) is 0 Å². The van der Waals surface area contributed by atoms with Crippen molar-refractivity contribution < 1.29 is 53.1 Å². The van der Waals surface area contributed by atoms with Gasteiger partial charge in [-0.3, -0.25) is 23.4 Å². The van der Waals surface area contributed by atoms with Gasteiger partial charge in [-0.05, 0) is 6.92 Å². The fourth-order valence-corrected chi connectivity index (χ4v) is 4.80. The lowest BCUT2D eigenvalue weighted by molar-refractivity contribution is -0.291. The number of nitrogens with zero attached hydrogens (tertiary/aromatic N) is 1. The largest absolute Gasteiger partial charge is 0.473 e. The maximum Gasteiger partial charge on any atom is 0.473 e. The van der Waals surface area contributed by atoms with Gasteiger partial charge >= 0.3 is 13.5 Å². The summed E-state index contributed by atoms with van der Waals surface area (Å²) in [5.41, 5.74) is -1.15. The Morgan fingerprint density at radius 3 is 2.42 bits per heavy atom. The normalized spacial score (nSPS) is 36.6. The van der Waals surface area contributed by atoms with Gasteiger partial charge in [0.2, 0.25) is 0 Å². The van der Waals surface area contributed by atoms with Crippen LogP contribution in [0.15, 0.2) is 15.8 Å². The van der Waals surface area contributed by atoms with E-state index in [0.29, 0.717) is 0 Å². The molecule has 1 aromatic heterocycles. The smallest absolute Gasteiger partial charge is 0.394 e. The van der Waals surface area contributed by atoms with Gasteiger partial charge in [-0.15, -0.1) is 0 Å². The lowest BCUT2D eigenvalue weighted by Gasteiger charge is -2.41. The Morgan fingerprint density at radius 1 is 1.15 bits per heavy atom. The first-order chi connectivity index (χ1) is 15.5. The third-order valence-electron chi connectivity index (χ3n) is 5.40. The average Bonchev–Trinajstić information content (AvgIpc) is 3.15. The molecule has 2 saturated heterocycles. The second-order valence-corrected chi connectivity index (χ2v) is 9.01. The van der Waals surface area contributed by atoms with Crippen LogP contribution in [0.5, 0.6) is 0 Å². The van der Waals surface area contributed by atoms with Crippen LogP contribution in [0.25, 0.3) is 0 Å². The fourth-order valence-electron chi connectivity index (χ4n) is 3.65. The number of aromatic amines is 1. The summed E-state index contributed by atoms with van der Waals surface area (Å²) in [6.45, 7) is 0.183. The molecule has 9 atom stereocenters. The van der Waals surface area contributed by atoms with Crippen molar-refractivity contribution in [2.75, 3.05) is 20.3 Å². The summed E-state index contributed by atoms with van der Waals surface area (Å²) in [6.07, 6.45) is -10.0. The van der Waals surface area contributed by atoms with Crippen molar-refractivity contribution in [2.45, 2.75) is 62.5 Å². The molecule has 0 aromatic carbocycles. The fraction of sp³-hybridized carbons (Fsp3) is 0.765. The molecular formula is C17H27N2O13P. The Hall–Kier alpha value is -1.49. The van der Waals surface area contributed by atoms with Gasteiger partial charge in [0.15, 0.2) is 6.29 Å². The molecule has 1 unspecified atom stereocenters. The highest BCUT2D eigenvalue weighted by molar-refractivity contribution is 7.47. The number of aromatic nitrogens is 2. The van der Waals surface area contributed by atoms with Crippen molar-refractivity contribution >= 4 is 7.82 Å². The van der Waals surface area contributed by atoms with Gasteiger partial charge in [-0.25, -0.2) is 9.36 Å². The topological polar surface area (TPSA) is 219 Å². The van der Waals surface area contributed by atoms with Crippen LogP contribution in [0.3, 0.4) is 0 Å². The monoisotopic (exact) mass is 498 g/mol. The van der Waals surface area contributed by atoms with Gasteiger partial charge in [0.05, 0.1) is 13.2 Å². The lowest BCUT2D eigenvalue weighted by Crippen LogP contribution is -2.59. The highest BCUT2D eigenvalue weighted by Gasteiger charge is 2.50. The first-order valence-corrected chi connectivity index (χ1v) is 11.4. The molecule has 0 bridgehead atoms. The third-order valence-corrected chi connectivity index (χ3v) is 6.44. The average molecular weight is 498 g/mol. The van der Waals surface area contributed by atoms with Crippen LogP contribution in [0.2, 0.25) is 0 Å². The first kappa shape index (κ1) is 26.1. The van der Waals surface area contributed by atoms with E-state index in [0.717, 1.165) is 11.7 Å². The molecule has 3 rings (SSSR count). The number of methoxy groups -OCH3 is 1. The van der Waals surface area contributed by atoms with Gasteiger partial charge in [-0.2, -0.15) is 0 Å². The van der Waals surface area contributed by atoms with E-state index in [4.69, 9.17) is 23.3 Å². The second-order valence-electron chi connectivity index (χ2n) is 7.65. The summed E-state index contributed by atoms with van der Waals surface area (Å²) in [7, 11) is -3.82. The standard InChI is InChI=1S/C17H27N2O13P/c1-7-4-19(17(25)18-15(7)24)11-3-8(9(5-20)29-11)31-33(26,27)32-14-13(23)12(22)10(6-21)30-16(14)28-2/h4,8-14,16,20-23H,3,5-6H2,1-2H3,(H,26,27)(H,18,24,25)/t8-,9+,10+,11+,12+,13-,14+,16-/m0/s1. The third kappa shape index (κ3) is 5.61. The summed E-state index contributed by atoms with van der Waals surface area (Å²) in [5, 5.41) is 39.1. The highest BCUT2D eigenvalue weighted by Crippen LogP contribution is 2.50. The molecule has 0 amide bonds. The zero-order valence-corrected chi connectivity index (χ0v) is 18.6. The van der Waals surface area contributed by atoms with Gasteiger partial charge in [0.1, 0.15) is 42.9 Å². The maximum atomic E-state index is 12.7. The minimum absolute atomic E-state index is 0.169. The van der Waals surface area contributed by atoms with Crippen LogP contribution in [0.1, 0.15) is 18.2 Å². The predicted octanol–water partition coefficient (Wildman–Crippen LogP) is -2.92. The number of aliphatic hydroxyl groups is 4. The molecule has 2 aliphatic rings. The van der Waals surface area contributed by atoms with Crippen LogP contribution in [0, 0.1) is 6.92 Å². The molecule has 188 valence electrons. The van der Waals surface area contributed by atoms with E-state index in [9.17, 15) is 39.5 Å². The molecule has 6 N–H and O–H groups in total. The molecule has 0 spiro atoms. The van der Waals surface area contributed by atoms with Crippen molar-refractivity contribution in [3.8, 4) is 0 Å². The summed E-state index contributed by atoms with van der Waals surface area (Å²) in [6, 6.07) is 0. The number of aryl methyl sites for hydroxylation is 1. The first-order valence-electron chi connectivity index (χ1n) is 9.94. The summed E-state index contributed by atoms with van der Waals surface area (Å²) < 4.78 is 39.6. The van der Waals surface area contributed by atoms with Gasteiger partial charge in [-0.1, -0.05) is 0 Å². The van der Waals surface area contributed by atoms with Crippen molar-refractivity contribution in [2.24, 2.45) is 0 Å². The van der Waals surface area contributed by atoms with Gasteiger partial charge < -0.3 is 39.5 Å². The number of phosphoric ester groups is 1. The Kier molecular flexibility index (Phi) is 8.24. The number of phosphoric acid groups is 1. The zero-order chi connectivity index (χ0) is 24.5. The van der Waals surface area contributed by atoms with Crippen molar-refractivity contribution in [1.82, 2.24) is 9.55 Å². The van der Waals surface area contributed by atoms with Gasteiger partial charge in [0.25, 0.3) is 5.56 Å². The Morgan fingerprint density at radius 2 is 1.82 bits per heavy atom. The SMILES string of the molecule is CO[C@H]1O[C@H](CO)[C@@H](O)[C@H](O)[C@H]1OP(=O)(O)O[C@H]1C[C@H](n2cc(C)c(=O)[nH]c2=O)O[C@@H]1CO. The predicted molar refractivity (Wildman–Crippen MR) is 106 cm³/mol. The lowest BCUT2D eigenvalue weighted by atomic mass is 9.99. The minimum Gasteiger partial charge on any atom is -0.394 e. The second kappa shape index (κ2) is 10.4. The number of H-pyrrole nitrogens is 1. The number of rotatable bonds is 8. The van der Waals surface area contributed by atoms with Crippen LogP contribution in [-0.2, 0) is 27.8 Å². The minimum atomic E-state index is -4.98. The van der Waals surface area contributed by atoms with E-state index in [1.807, 2.05) is 0 Å². The summed E-state index contributed by atoms with van der Waals surface area (Å²) in [4.78, 5) is 36.1. The molecule has 2 fully saturated rings. The van der Waals surface area contributed by atoms with E-state index in [-0.39, 0.29) is 12.0 Å². The molecule has 16 heteroatoms. The molecular weight excluding hydrogens is 471 g/mol. The molecule has 2 aliphatic heterocycles. The quantitative estimate of drug-likeness (QED) is 0.198. The van der Waals surface area contributed by atoms with Crippen molar-refractivity contribution in [3.63, 3.8) is 0 Å². The number of hydrogen-bond acceptors (Lipinski definition) is 12. The number of nitrogens with one attached hydrogen (secondary N) is 1. The summed E-state index contributed by atoms with van der Waals surface area (Å²) >= 11 is 0. The summed E-state index contributed by atoms with van der Waals surface area (Å²) in [5.74, 6) is 0. The van der Waals surface area contributed by atoms with Crippen LogP contribution >= 0.6 is 7.82 Å². The molecule has 15 nitrogen and oxygen atoms in total. The van der Waals surface area contributed by atoms with E-state index in [1.54, 1.807) is 0 Å². The number of ether oxygens (including phenoxy) is 3. The molecule has 3 heterocycles. The maximum absolute atomic E-state index is 12.7. The number of hydrogen-bond donors (Lipinski definition) is 6. The molecule has 0 aliphatic carbocycles. The Labute approximate surface area is 186 Å². The van der Waals surface area contributed by atoms with Gasteiger partial charge in [0, 0.05) is 25.3 Å². The molecule has 33 heavy (non-hydrogen) atoms. The van der Waals surface area contributed by atoms with Crippen LogP contribution < -0.4 is 11.2 Å². The molecule has 1 aromatic rings. The molecule has 0 saturated carbocycles. The Balaban J connectivity index is 1.74. The number of aliphatic hydroxyl groups excluding tert-OH is 4. The Bertz CT molecular complexity index is 980. The van der Waals surface area contributed by atoms with E-state index in [1.165, 1.54) is 13.1 Å². The van der Waals surface area contributed by atoms with Crippen LogP contribution in [-0.4, -0.2) is 98.1 Å². The van der Waals surface area contributed by atoms with Crippen LogP contribution in [0.4, 0.5) is 0 Å². The van der Waals surface area contributed by atoms with E-state index in [2.05, 4.69) is 4.98 Å². The molecule has 0 radical (unpaired) electrons. The highest BCUT2D eigenvalue weighted by atomic mass is 31.2. The van der Waals surface area contributed by atoms with E-state index < -0.39 is 81.4 Å². The zero-order valence-electron chi connectivity index (χ0n) is 17.7. The van der Waals surface area contributed by atoms with E-state index >= 15 is 0 Å².